The van der Waals surface area contributed by atoms with Crippen molar-refractivity contribution in [3.05, 3.63) is 84.2 Å². The van der Waals surface area contributed by atoms with Crippen LogP contribution < -0.4 is 4.74 Å². The van der Waals surface area contributed by atoms with Gasteiger partial charge in [0.2, 0.25) is 11.8 Å². The summed E-state index contributed by atoms with van der Waals surface area (Å²) in [6.07, 6.45) is 3.75. The Hall–Kier alpha value is -3.61. The number of carbonyl (C=O) groups is 2. The van der Waals surface area contributed by atoms with Crippen molar-refractivity contribution in [1.82, 2.24) is 19.6 Å². The fourth-order valence-electron chi connectivity index (χ4n) is 4.63. The average Bonchev–Trinajstić information content (AvgIpc) is 3.29. The lowest BCUT2D eigenvalue weighted by molar-refractivity contribution is -0.138. The maximum absolute atomic E-state index is 13.2. The number of benzene rings is 2. The summed E-state index contributed by atoms with van der Waals surface area (Å²) >= 11 is 0. The zero-order chi connectivity index (χ0) is 24.6. The number of hydrogen-bond donors (Lipinski definition) is 0. The average molecular weight is 475 g/mol. The van der Waals surface area contributed by atoms with Gasteiger partial charge in [0.25, 0.3) is 0 Å². The molecule has 2 amide bonds. The molecule has 184 valence electrons. The highest BCUT2D eigenvalue weighted by Gasteiger charge is 2.35. The molecular formula is C28H34N4O3. The highest BCUT2D eigenvalue weighted by Crippen LogP contribution is 2.27. The molecule has 0 bridgehead atoms. The Morgan fingerprint density at radius 2 is 1.77 bits per heavy atom. The van der Waals surface area contributed by atoms with Gasteiger partial charge in [0, 0.05) is 70.8 Å². The summed E-state index contributed by atoms with van der Waals surface area (Å²) in [6.45, 7) is 1.71. The molecule has 1 fully saturated rings. The molecule has 4 rings (SSSR count). The Bertz CT molecular complexity index is 1100. The van der Waals surface area contributed by atoms with Gasteiger partial charge in [-0.1, -0.05) is 48.5 Å². The molecule has 0 aliphatic carbocycles. The predicted molar refractivity (Wildman–Crippen MR) is 135 cm³/mol. The molecule has 0 saturated carbocycles. The van der Waals surface area contributed by atoms with Crippen LogP contribution in [-0.4, -0.2) is 57.6 Å². The summed E-state index contributed by atoms with van der Waals surface area (Å²) in [5.41, 5.74) is 2.13. The van der Waals surface area contributed by atoms with Crippen LogP contribution in [-0.2, 0) is 29.6 Å². The molecule has 1 aliphatic heterocycles. The van der Waals surface area contributed by atoms with Gasteiger partial charge in [0.05, 0.1) is 0 Å². The van der Waals surface area contributed by atoms with Gasteiger partial charge < -0.3 is 14.5 Å². The molecule has 2 aromatic carbocycles. The van der Waals surface area contributed by atoms with Crippen LogP contribution in [0.15, 0.2) is 72.9 Å². The highest BCUT2D eigenvalue weighted by atomic mass is 16.5. The number of carbonyl (C=O) groups excluding carboxylic acids is 2. The minimum Gasteiger partial charge on any atom is -0.490 e. The zero-order valence-electron chi connectivity index (χ0n) is 20.5. The van der Waals surface area contributed by atoms with Gasteiger partial charge in [-0.25, -0.2) is 0 Å². The third-order valence-corrected chi connectivity index (χ3v) is 6.69. The van der Waals surface area contributed by atoms with Crippen LogP contribution in [0, 0.1) is 5.92 Å². The summed E-state index contributed by atoms with van der Waals surface area (Å²) < 4.78 is 8.11. The van der Waals surface area contributed by atoms with Crippen molar-refractivity contribution in [2.24, 2.45) is 13.0 Å². The number of piperidine rings is 1. The summed E-state index contributed by atoms with van der Waals surface area (Å²) in [5.74, 6) is 0.892. The van der Waals surface area contributed by atoms with E-state index in [1.807, 2.05) is 85.7 Å². The number of aromatic nitrogens is 2. The molecule has 1 saturated heterocycles. The van der Waals surface area contributed by atoms with Gasteiger partial charge in [0.1, 0.15) is 11.9 Å². The third-order valence-electron chi connectivity index (χ3n) is 6.69. The number of aryl methyl sites for hydroxylation is 2. The number of amides is 2. The van der Waals surface area contributed by atoms with Crippen molar-refractivity contribution >= 4 is 11.8 Å². The molecule has 7 heteroatoms. The van der Waals surface area contributed by atoms with Crippen molar-refractivity contribution < 1.29 is 14.3 Å². The molecule has 0 spiro atoms. The predicted octanol–water partition coefficient (Wildman–Crippen LogP) is 3.70. The first-order valence-corrected chi connectivity index (χ1v) is 12.2. The topological polar surface area (TPSA) is 67.7 Å². The molecule has 0 unspecified atom stereocenters. The molecule has 35 heavy (non-hydrogen) atoms. The van der Waals surface area contributed by atoms with E-state index in [1.165, 1.54) is 0 Å². The Labute approximate surface area is 207 Å². The van der Waals surface area contributed by atoms with E-state index < -0.39 is 0 Å². The number of ether oxygens (including phenoxy) is 1. The van der Waals surface area contributed by atoms with Crippen LogP contribution in [0.3, 0.4) is 0 Å². The monoisotopic (exact) mass is 474 g/mol. The first kappa shape index (κ1) is 24.5. The quantitative estimate of drug-likeness (QED) is 0.474. The molecule has 7 nitrogen and oxygen atoms in total. The Kier molecular flexibility index (Phi) is 8.19. The van der Waals surface area contributed by atoms with Gasteiger partial charge in [-0.3, -0.25) is 14.3 Å². The maximum Gasteiger partial charge on any atom is 0.223 e. The first-order chi connectivity index (χ1) is 17.0. The minimum atomic E-state index is -0.118. The molecule has 1 aromatic heterocycles. The number of hydrogen-bond acceptors (Lipinski definition) is 4. The molecule has 0 N–H and O–H groups in total. The second-order valence-electron chi connectivity index (χ2n) is 9.24. The van der Waals surface area contributed by atoms with Crippen LogP contribution in [0.2, 0.25) is 0 Å². The van der Waals surface area contributed by atoms with Gasteiger partial charge in [0.15, 0.2) is 0 Å². The molecule has 0 radical (unpaired) electrons. The van der Waals surface area contributed by atoms with E-state index in [9.17, 15) is 9.59 Å². The van der Waals surface area contributed by atoms with Gasteiger partial charge >= 0.3 is 0 Å². The van der Waals surface area contributed by atoms with Crippen molar-refractivity contribution in [2.75, 3.05) is 20.1 Å². The summed E-state index contributed by atoms with van der Waals surface area (Å²) in [7, 11) is 3.72. The van der Waals surface area contributed by atoms with Crippen molar-refractivity contribution in [1.29, 1.82) is 0 Å². The van der Waals surface area contributed by atoms with E-state index >= 15 is 0 Å². The van der Waals surface area contributed by atoms with Crippen LogP contribution in [0.1, 0.15) is 30.5 Å². The number of para-hydroxylation sites is 1. The Morgan fingerprint density at radius 1 is 1.06 bits per heavy atom. The number of nitrogens with zero attached hydrogens (tertiary/aromatic N) is 4. The second kappa shape index (κ2) is 11.7. The largest absolute Gasteiger partial charge is 0.490 e. The lowest BCUT2D eigenvalue weighted by Crippen LogP contribution is -2.49. The standard InChI is InChI=1S/C28H34N4O3/c1-30(20-22-9-5-3-6-10-22)28(34)19-23-21-32(27(33)14-13-24-15-17-29-31(24)2)18-16-26(23)35-25-11-7-4-8-12-25/h3-12,15,17,23,26H,13-14,16,18-21H2,1-2H3/t23-,26-/m0/s1. The Balaban J connectivity index is 1.41. The normalized spacial score (nSPS) is 17.7. The SMILES string of the molecule is CN(Cc1ccccc1)C(=O)C[C@H]1CN(C(=O)CCc2ccnn2C)CC[C@@H]1Oc1ccccc1. The summed E-state index contributed by atoms with van der Waals surface area (Å²) in [4.78, 5) is 29.9. The minimum absolute atomic E-state index is 0.0599. The van der Waals surface area contributed by atoms with Crippen LogP contribution >= 0.6 is 0 Å². The fraction of sp³-hybridized carbons (Fsp3) is 0.393. The van der Waals surface area contributed by atoms with Crippen molar-refractivity contribution in [3.8, 4) is 5.75 Å². The smallest absolute Gasteiger partial charge is 0.223 e. The lowest BCUT2D eigenvalue weighted by atomic mass is 9.90. The number of rotatable bonds is 9. The van der Waals surface area contributed by atoms with E-state index in [-0.39, 0.29) is 23.8 Å². The van der Waals surface area contributed by atoms with E-state index in [1.54, 1.807) is 15.8 Å². The molecule has 2 heterocycles. The summed E-state index contributed by atoms with van der Waals surface area (Å²) in [6, 6.07) is 21.6. The molecule has 2 atom stereocenters. The molecule has 1 aliphatic rings. The van der Waals surface area contributed by atoms with Gasteiger partial charge in [-0.2, -0.15) is 5.10 Å². The lowest BCUT2D eigenvalue weighted by Gasteiger charge is -2.39. The highest BCUT2D eigenvalue weighted by molar-refractivity contribution is 5.78. The molecule has 3 aromatic rings. The van der Waals surface area contributed by atoms with Gasteiger partial charge in [-0.15, -0.1) is 0 Å². The molecular weight excluding hydrogens is 440 g/mol. The van der Waals surface area contributed by atoms with Crippen LogP contribution in [0.5, 0.6) is 5.75 Å². The summed E-state index contributed by atoms with van der Waals surface area (Å²) in [5, 5.41) is 4.18. The van der Waals surface area contributed by atoms with Gasteiger partial charge in [-0.05, 0) is 30.2 Å². The van der Waals surface area contributed by atoms with E-state index in [0.29, 0.717) is 45.3 Å². The fourth-order valence-corrected chi connectivity index (χ4v) is 4.63. The first-order valence-electron chi connectivity index (χ1n) is 12.2. The van der Waals surface area contributed by atoms with E-state index in [4.69, 9.17) is 4.74 Å². The zero-order valence-corrected chi connectivity index (χ0v) is 20.5. The van der Waals surface area contributed by atoms with E-state index in [2.05, 4.69) is 5.10 Å². The van der Waals surface area contributed by atoms with Crippen LogP contribution in [0.25, 0.3) is 0 Å². The van der Waals surface area contributed by atoms with Crippen molar-refractivity contribution in [2.45, 2.75) is 38.3 Å². The van der Waals surface area contributed by atoms with Crippen molar-refractivity contribution in [3.63, 3.8) is 0 Å². The van der Waals surface area contributed by atoms with E-state index in [0.717, 1.165) is 17.0 Å². The third kappa shape index (κ3) is 6.72. The van der Waals surface area contributed by atoms with Crippen LogP contribution in [0.4, 0.5) is 0 Å². The maximum atomic E-state index is 13.2. The second-order valence-corrected chi connectivity index (χ2v) is 9.24. The Morgan fingerprint density at radius 3 is 2.46 bits per heavy atom. The number of likely N-dealkylation sites (tertiary alicyclic amines) is 1.